The molecule has 6 heteroatoms. The number of esters is 1. The zero-order chi connectivity index (χ0) is 19.8. The van der Waals surface area contributed by atoms with Crippen LogP contribution in [0.4, 0.5) is 4.79 Å². The van der Waals surface area contributed by atoms with Gasteiger partial charge in [0.15, 0.2) is 0 Å². The molecule has 2 aliphatic rings. The monoisotopic (exact) mass is 372 g/mol. The molecule has 0 radical (unpaired) electrons. The zero-order valence-corrected chi connectivity index (χ0v) is 16.6. The van der Waals surface area contributed by atoms with E-state index in [9.17, 15) is 14.4 Å². The Bertz CT molecular complexity index is 779. The number of nitrogens with zero attached hydrogens (tertiary/aromatic N) is 1. The highest BCUT2D eigenvalue weighted by atomic mass is 16.5. The summed E-state index contributed by atoms with van der Waals surface area (Å²) < 4.78 is 5.51. The van der Waals surface area contributed by atoms with Gasteiger partial charge in [0.05, 0.1) is 0 Å². The predicted molar refractivity (Wildman–Crippen MR) is 102 cm³/mol. The Morgan fingerprint density at radius 1 is 1.19 bits per heavy atom. The van der Waals surface area contributed by atoms with Crippen LogP contribution in [0.15, 0.2) is 12.1 Å². The van der Waals surface area contributed by atoms with E-state index in [2.05, 4.69) is 12.2 Å². The summed E-state index contributed by atoms with van der Waals surface area (Å²) in [5.41, 5.74) is 1.91. The number of aryl methyl sites for hydroxylation is 2. The summed E-state index contributed by atoms with van der Waals surface area (Å²) in [4.78, 5) is 38.7. The largest absolute Gasteiger partial charge is 0.425 e. The van der Waals surface area contributed by atoms with Crippen LogP contribution >= 0.6 is 0 Å². The van der Waals surface area contributed by atoms with E-state index < -0.39 is 17.5 Å². The number of carbonyl (C=O) groups is 3. The molecule has 1 aliphatic heterocycles. The van der Waals surface area contributed by atoms with Gasteiger partial charge in [-0.3, -0.25) is 9.69 Å². The van der Waals surface area contributed by atoms with Crippen molar-refractivity contribution in [2.45, 2.75) is 65.3 Å². The number of benzene rings is 1. The van der Waals surface area contributed by atoms with Crippen molar-refractivity contribution in [3.63, 3.8) is 0 Å². The van der Waals surface area contributed by atoms with Crippen LogP contribution in [0.1, 0.15) is 55.7 Å². The molecule has 1 spiro atoms. The molecule has 0 bridgehead atoms. The van der Waals surface area contributed by atoms with Crippen LogP contribution in [0.2, 0.25) is 0 Å². The average Bonchev–Trinajstić information content (AvgIpc) is 2.87. The minimum absolute atomic E-state index is 0.295. The van der Waals surface area contributed by atoms with Gasteiger partial charge in [0, 0.05) is 0 Å². The lowest BCUT2D eigenvalue weighted by atomic mass is 9.75. The highest BCUT2D eigenvalue weighted by molar-refractivity contribution is 6.08. The second-order valence-electron chi connectivity index (χ2n) is 7.88. The quantitative estimate of drug-likeness (QED) is 0.499. The third-order valence-electron chi connectivity index (χ3n) is 6.16. The first-order valence-corrected chi connectivity index (χ1v) is 9.69. The summed E-state index contributed by atoms with van der Waals surface area (Å²) in [5, 5.41) is 2.84. The minimum atomic E-state index is -0.835. The van der Waals surface area contributed by atoms with Gasteiger partial charge in [-0.1, -0.05) is 25.5 Å². The van der Waals surface area contributed by atoms with Gasteiger partial charge in [0.25, 0.3) is 5.91 Å². The van der Waals surface area contributed by atoms with Crippen molar-refractivity contribution in [3.8, 4) is 5.75 Å². The van der Waals surface area contributed by atoms with E-state index in [-0.39, 0.29) is 12.5 Å². The first-order chi connectivity index (χ1) is 12.8. The van der Waals surface area contributed by atoms with Gasteiger partial charge >= 0.3 is 12.0 Å². The van der Waals surface area contributed by atoms with Gasteiger partial charge < -0.3 is 10.1 Å². The van der Waals surface area contributed by atoms with E-state index in [4.69, 9.17) is 4.74 Å². The van der Waals surface area contributed by atoms with E-state index in [0.717, 1.165) is 40.9 Å². The SMILES string of the molecule is CCC1CCC2(CC1)NC(=O)N(CC(=O)Oc1c(C)ccc(C)c1C)C2=O. The van der Waals surface area contributed by atoms with Crippen molar-refractivity contribution in [1.29, 1.82) is 0 Å². The first-order valence-electron chi connectivity index (χ1n) is 9.69. The molecule has 1 saturated heterocycles. The van der Waals surface area contributed by atoms with Crippen molar-refractivity contribution in [3.05, 3.63) is 28.8 Å². The number of hydrogen-bond acceptors (Lipinski definition) is 4. The summed E-state index contributed by atoms with van der Waals surface area (Å²) in [6.07, 6.45) is 4.20. The third-order valence-corrected chi connectivity index (χ3v) is 6.16. The Balaban J connectivity index is 1.69. The Labute approximate surface area is 160 Å². The van der Waals surface area contributed by atoms with Crippen molar-refractivity contribution in [1.82, 2.24) is 10.2 Å². The lowest BCUT2D eigenvalue weighted by Crippen LogP contribution is -2.49. The first kappa shape index (κ1) is 19.4. The van der Waals surface area contributed by atoms with Gasteiger partial charge in [-0.2, -0.15) is 0 Å². The molecule has 1 heterocycles. The molecular weight excluding hydrogens is 344 g/mol. The van der Waals surface area contributed by atoms with Gasteiger partial charge in [-0.15, -0.1) is 0 Å². The molecular formula is C21H28N2O4. The smallest absolute Gasteiger partial charge is 0.331 e. The Morgan fingerprint density at radius 2 is 1.81 bits per heavy atom. The number of hydrogen-bond donors (Lipinski definition) is 1. The Kier molecular flexibility index (Phi) is 5.27. The molecule has 1 aliphatic carbocycles. The topological polar surface area (TPSA) is 75.7 Å². The van der Waals surface area contributed by atoms with E-state index in [1.165, 1.54) is 0 Å². The molecule has 1 aromatic rings. The Morgan fingerprint density at radius 3 is 2.44 bits per heavy atom. The number of ether oxygens (including phenoxy) is 1. The van der Waals surface area contributed by atoms with E-state index in [0.29, 0.717) is 24.5 Å². The summed E-state index contributed by atoms with van der Waals surface area (Å²) >= 11 is 0. The second kappa shape index (κ2) is 7.33. The maximum Gasteiger partial charge on any atom is 0.331 e. The van der Waals surface area contributed by atoms with Crippen LogP contribution in [0.5, 0.6) is 5.75 Å². The highest BCUT2D eigenvalue weighted by Gasteiger charge is 2.52. The number of nitrogens with one attached hydrogen (secondary N) is 1. The Hall–Kier alpha value is -2.37. The predicted octanol–water partition coefficient (Wildman–Crippen LogP) is 3.41. The molecule has 0 unspecified atom stereocenters. The fourth-order valence-corrected chi connectivity index (χ4v) is 4.10. The molecule has 6 nitrogen and oxygen atoms in total. The maximum absolute atomic E-state index is 12.9. The number of amides is 3. The molecule has 27 heavy (non-hydrogen) atoms. The molecule has 0 aromatic heterocycles. The van der Waals surface area contributed by atoms with Crippen molar-refractivity contribution < 1.29 is 19.1 Å². The van der Waals surface area contributed by atoms with Crippen LogP contribution in [-0.2, 0) is 9.59 Å². The molecule has 3 amide bonds. The highest BCUT2D eigenvalue weighted by Crippen LogP contribution is 2.37. The molecule has 1 aromatic carbocycles. The summed E-state index contributed by atoms with van der Waals surface area (Å²) in [5.74, 6) is 0.211. The number of rotatable bonds is 4. The van der Waals surface area contributed by atoms with Crippen LogP contribution in [0, 0.1) is 26.7 Å². The van der Waals surface area contributed by atoms with Gasteiger partial charge in [0.2, 0.25) is 0 Å². The van der Waals surface area contributed by atoms with Gasteiger partial charge in [-0.25, -0.2) is 9.59 Å². The third kappa shape index (κ3) is 3.57. The lowest BCUT2D eigenvalue weighted by Gasteiger charge is -2.34. The van der Waals surface area contributed by atoms with Crippen molar-refractivity contribution >= 4 is 17.9 Å². The molecule has 2 fully saturated rings. The second-order valence-corrected chi connectivity index (χ2v) is 7.88. The van der Waals surface area contributed by atoms with Crippen LogP contribution in [-0.4, -0.2) is 34.9 Å². The number of urea groups is 1. The van der Waals surface area contributed by atoms with Crippen molar-refractivity contribution in [2.75, 3.05) is 6.54 Å². The normalized spacial score (nSPS) is 25.0. The zero-order valence-electron chi connectivity index (χ0n) is 16.6. The summed E-state index contributed by atoms with van der Waals surface area (Å²) in [7, 11) is 0. The average molecular weight is 372 g/mol. The molecule has 146 valence electrons. The number of carbonyl (C=O) groups excluding carboxylic acids is 3. The van der Waals surface area contributed by atoms with E-state index in [1.54, 1.807) is 0 Å². The van der Waals surface area contributed by atoms with Gasteiger partial charge in [0.1, 0.15) is 17.8 Å². The number of imide groups is 1. The van der Waals surface area contributed by atoms with E-state index in [1.807, 2.05) is 32.9 Å². The van der Waals surface area contributed by atoms with Crippen LogP contribution in [0.25, 0.3) is 0 Å². The van der Waals surface area contributed by atoms with Crippen LogP contribution < -0.4 is 10.1 Å². The minimum Gasteiger partial charge on any atom is -0.425 e. The molecule has 3 rings (SSSR count). The fourth-order valence-electron chi connectivity index (χ4n) is 4.10. The maximum atomic E-state index is 12.9. The summed E-state index contributed by atoms with van der Waals surface area (Å²) in [6.45, 7) is 7.48. The summed E-state index contributed by atoms with van der Waals surface area (Å²) in [6, 6.07) is 3.36. The standard InChI is InChI=1S/C21H28N2O4/c1-5-16-8-10-21(11-9-16)19(25)23(20(26)22-21)12-17(24)27-18-14(3)7-6-13(2)15(18)4/h6-7,16H,5,8-12H2,1-4H3,(H,22,26). The molecule has 0 atom stereocenters. The molecule has 1 saturated carbocycles. The van der Waals surface area contributed by atoms with Crippen LogP contribution in [0.3, 0.4) is 0 Å². The van der Waals surface area contributed by atoms with E-state index >= 15 is 0 Å². The molecule has 1 N–H and O–H groups in total. The fraction of sp³-hybridized carbons (Fsp3) is 0.571. The van der Waals surface area contributed by atoms with Gasteiger partial charge in [-0.05, 0) is 69.1 Å². The van der Waals surface area contributed by atoms with Crippen molar-refractivity contribution in [2.24, 2.45) is 5.92 Å². The lowest BCUT2D eigenvalue weighted by molar-refractivity contribution is -0.141.